The molecule has 36 heavy (non-hydrogen) atoms. The number of aryl methyl sites for hydroxylation is 1. The van der Waals surface area contributed by atoms with Crippen LogP contribution >= 0.6 is 23.4 Å². The first kappa shape index (κ1) is 26.5. The Balaban J connectivity index is 0.000000375. The third-order valence-corrected chi connectivity index (χ3v) is 8.14. The van der Waals surface area contributed by atoms with E-state index in [-0.39, 0.29) is 22.7 Å². The van der Waals surface area contributed by atoms with Gasteiger partial charge in [0.05, 0.1) is 27.2 Å². The van der Waals surface area contributed by atoms with Crippen molar-refractivity contribution in [2.75, 3.05) is 30.8 Å². The summed E-state index contributed by atoms with van der Waals surface area (Å²) in [5, 5.41) is 0.0111. The summed E-state index contributed by atoms with van der Waals surface area (Å²) in [6.45, 7) is 5.69. The first-order chi connectivity index (χ1) is 17.0. The van der Waals surface area contributed by atoms with Crippen molar-refractivity contribution in [2.45, 2.75) is 50.0 Å². The number of hydrogen-bond donors (Lipinski definition) is 1. The van der Waals surface area contributed by atoms with E-state index in [1.54, 1.807) is 0 Å². The Morgan fingerprint density at radius 2 is 1.89 bits per heavy atom. The maximum absolute atomic E-state index is 13.7. The first-order valence-electron chi connectivity index (χ1n) is 11.4. The van der Waals surface area contributed by atoms with Crippen LogP contribution in [0.3, 0.4) is 0 Å². The maximum atomic E-state index is 13.7. The molecule has 2 aliphatic heterocycles. The van der Waals surface area contributed by atoms with Gasteiger partial charge in [0.25, 0.3) is 5.56 Å². The second-order valence-electron chi connectivity index (χ2n) is 8.90. The smallest absolute Gasteiger partial charge is 0.353 e. The van der Waals surface area contributed by atoms with Crippen LogP contribution < -0.4 is 16.1 Å². The Kier molecular flexibility index (Phi) is 7.67. The standard InChI is InChI=1S/C19H22ClF3N4OS.C4H4N2O/c1-10-8-26(9-11(2)25(10)3)17-12-7-13(19(21,22)23)14(20)16-15(12)27(18(28)24-17)5-4-6-29-16;7-4-3-5-1-2-6-4/h7,10-11H,4-6,8-9H2,1-3H3;1-3H,(H,6,7). The van der Waals surface area contributed by atoms with E-state index in [9.17, 15) is 22.8 Å². The number of aromatic nitrogens is 4. The molecule has 0 aliphatic carbocycles. The zero-order chi connectivity index (χ0) is 26.2. The molecule has 13 heteroatoms. The SMILES string of the molecule is CC1CN(c2nc(=O)n3c4c(c(Cl)c(C(F)(F)F)cc24)SCCC3)CC(C)N1C.O=c1cncc[nH]1. The molecule has 2 atom stereocenters. The van der Waals surface area contributed by atoms with Gasteiger partial charge < -0.3 is 9.88 Å². The molecule has 2 unspecified atom stereocenters. The number of benzene rings is 1. The zero-order valence-electron chi connectivity index (χ0n) is 20.0. The largest absolute Gasteiger partial charge is 0.417 e. The molecule has 8 nitrogen and oxygen atoms in total. The van der Waals surface area contributed by atoms with Gasteiger partial charge in [-0.15, -0.1) is 11.8 Å². The highest BCUT2D eigenvalue weighted by atomic mass is 35.5. The van der Waals surface area contributed by atoms with Gasteiger partial charge in [0, 0.05) is 49.5 Å². The third-order valence-electron chi connectivity index (χ3n) is 6.45. The van der Waals surface area contributed by atoms with Gasteiger partial charge in [-0.05, 0) is 39.1 Å². The zero-order valence-corrected chi connectivity index (χ0v) is 21.5. The molecule has 0 radical (unpaired) electrons. The minimum absolute atomic E-state index is 0.164. The first-order valence-corrected chi connectivity index (χ1v) is 12.8. The summed E-state index contributed by atoms with van der Waals surface area (Å²) in [4.78, 5) is 37.7. The van der Waals surface area contributed by atoms with Crippen LogP contribution in [-0.4, -0.2) is 62.4 Å². The fraction of sp³-hybridized carbons (Fsp3) is 0.478. The second kappa shape index (κ2) is 10.4. The second-order valence-corrected chi connectivity index (χ2v) is 10.4. The van der Waals surface area contributed by atoms with Crippen LogP contribution in [-0.2, 0) is 12.7 Å². The van der Waals surface area contributed by atoms with Crippen LogP contribution in [0.25, 0.3) is 10.9 Å². The topological polar surface area (TPSA) is 87.1 Å². The van der Waals surface area contributed by atoms with E-state index >= 15 is 0 Å². The Morgan fingerprint density at radius 1 is 1.19 bits per heavy atom. The van der Waals surface area contributed by atoms with E-state index in [0.29, 0.717) is 53.4 Å². The number of rotatable bonds is 1. The average molecular weight is 543 g/mol. The molecule has 1 saturated heterocycles. The predicted molar refractivity (Wildman–Crippen MR) is 135 cm³/mol. The van der Waals surface area contributed by atoms with Gasteiger partial charge >= 0.3 is 11.9 Å². The Bertz CT molecular complexity index is 1350. The van der Waals surface area contributed by atoms with E-state index in [2.05, 4.69) is 33.7 Å². The van der Waals surface area contributed by atoms with E-state index in [1.165, 1.54) is 34.9 Å². The van der Waals surface area contributed by atoms with E-state index in [1.807, 2.05) is 11.9 Å². The molecule has 1 fully saturated rings. The lowest BCUT2D eigenvalue weighted by molar-refractivity contribution is -0.137. The van der Waals surface area contributed by atoms with Crippen molar-refractivity contribution < 1.29 is 13.2 Å². The van der Waals surface area contributed by atoms with Gasteiger partial charge in [-0.2, -0.15) is 18.2 Å². The fourth-order valence-electron chi connectivity index (χ4n) is 4.44. The molecule has 2 aliphatic rings. The van der Waals surface area contributed by atoms with Crippen LogP contribution in [0.2, 0.25) is 5.02 Å². The molecule has 2 aromatic heterocycles. The molecule has 5 rings (SSSR count). The van der Waals surface area contributed by atoms with Crippen molar-refractivity contribution in [2.24, 2.45) is 0 Å². The van der Waals surface area contributed by atoms with E-state index in [0.717, 1.165) is 6.07 Å². The highest BCUT2D eigenvalue weighted by Crippen LogP contribution is 2.46. The third kappa shape index (κ3) is 5.25. The van der Waals surface area contributed by atoms with Crippen molar-refractivity contribution in [1.29, 1.82) is 0 Å². The molecule has 194 valence electrons. The molecule has 1 aromatic carbocycles. The molecular formula is C23H26ClF3N6O2S. The molecule has 4 heterocycles. The van der Waals surface area contributed by atoms with Crippen molar-refractivity contribution in [3.63, 3.8) is 0 Å². The van der Waals surface area contributed by atoms with Gasteiger partial charge in [-0.3, -0.25) is 19.2 Å². The lowest BCUT2D eigenvalue weighted by atomic mass is 10.1. The molecule has 1 N–H and O–H groups in total. The van der Waals surface area contributed by atoms with Crippen molar-refractivity contribution in [3.05, 3.63) is 56.1 Å². The summed E-state index contributed by atoms with van der Waals surface area (Å²) in [6.07, 6.45) is 0.301. The minimum atomic E-state index is -4.59. The maximum Gasteiger partial charge on any atom is 0.417 e. The van der Waals surface area contributed by atoms with Crippen molar-refractivity contribution >= 4 is 40.1 Å². The number of thioether (sulfide) groups is 1. The number of alkyl halides is 3. The van der Waals surface area contributed by atoms with E-state index in [4.69, 9.17) is 11.6 Å². The average Bonchev–Trinajstić information content (AvgIpc) is 3.05. The van der Waals surface area contributed by atoms with Gasteiger partial charge in [0.1, 0.15) is 5.82 Å². The number of nitrogens with zero attached hydrogens (tertiary/aromatic N) is 5. The highest BCUT2D eigenvalue weighted by molar-refractivity contribution is 7.99. The number of halogens is 4. The van der Waals surface area contributed by atoms with Gasteiger partial charge in [0.15, 0.2) is 0 Å². The number of likely N-dealkylation sites (N-methyl/N-ethyl adjacent to an activating group) is 1. The Hall–Kier alpha value is -2.57. The quantitative estimate of drug-likeness (QED) is 0.499. The van der Waals surface area contributed by atoms with Gasteiger partial charge in [-0.1, -0.05) is 11.6 Å². The highest BCUT2D eigenvalue weighted by Gasteiger charge is 2.37. The lowest BCUT2D eigenvalue weighted by Crippen LogP contribution is -2.55. The molecule has 0 bridgehead atoms. The summed E-state index contributed by atoms with van der Waals surface area (Å²) in [7, 11) is 2.02. The summed E-state index contributed by atoms with van der Waals surface area (Å²) < 4.78 is 42.7. The molecular weight excluding hydrogens is 517 g/mol. The number of aromatic amines is 1. The van der Waals surface area contributed by atoms with Crippen LogP contribution in [0, 0.1) is 0 Å². The number of H-pyrrole nitrogens is 1. The van der Waals surface area contributed by atoms with Crippen LogP contribution in [0.4, 0.5) is 19.0 Å². The fourth-order valence-corrected chi connectivity index (χ4v) is 5.93. The number of hydrogen-bond acceptors (Lipinski definition) is 7. The molecule has 0 saturated carbocycles. The van der Waals surface area contributed by atoms with E-state index < -0.39 is 17.4 Å². The Labute approximate surface area is 214 Å². The molecule has 3 aromatic rings. The monoisotopic (exact) mass is 542 g/mol. The summed E-state index contributed by atoms with van der Waals surface area (Å²) in [5.74, 6) is 0.911. The van der Waals surface area contributed by atoms with Crippen LogP contribution in [0.5, 0.6) is 0 Å². The van der Waals surface area contributed by atoms with Crippen LogP contribution in [0.15, 0.2) is 39.1 Å². The summed E-state index contributed by atoms with van der Waals surface area (Å²) in [5.41, 5.74) is -1.01. The number of piperazine rings is 1. The van der Waals surface area contributed by atoms with Crippen molar-refractivity contribution in [1.82, 2.24) is 24.4 Å². The molecule has 0 amide bonds. The Morgan fingerprint density at radius 3 is 2.44 bits per heavy atom. The molecule has 0 spiro atoms. The predicted octanol–water partition coefficient (Wildman–Crippen LogP) is 3.86. The number of anilines is 1. The number of nitrogens with one attached hydrogen (secondary N) is 1. The van der Waals surface area contributed by atoms with Gasteiger partial charge in [0.2, 0.25) is 0 Å². The lowest BCUT2D eigenvalue weighted by Gasteiger charge is -2.43. The summed E-state index contributed by atoms with van der Waals surface area (Å²) >= 11 is 7.49. The minimum Gasteiger partial charge on any atom is -0.353 e. The summed E-state index contributed by atoms with van der Waals surface area (Å²) in [6, 6.07) is 1.42. The normalized spacial score (nSPS) is 20.6. The van der Waals surface area contributed by atoms with Crippen LogP contribution in [0.1, 0.15) is 25.8 Å². The van der Waals surface area contributed by atoms with Gasteiger partial charge in [-0.25, -0.2) is 4.79 Å². The van der Waals surface area contributed by atoms with Crippen molar-refractivity contribution in [3.8, 4) is 0 Å².